The Kier molecular flexibility index (Phi) is 4.29. The molecular formula is C14H22N2O. The third-order valence-electron chi connectivity index (χ3n) is 2.95. The molecule has 3 N–H and O–H groups in total. The third kappa shape index (κ3) is 3.56. The number of nitrogens with two attached hydrogens (primary N) is 1. The van der Waals surface area contributed by atoms with E-state index in [-0.39, 0.29) is 11.4 Å². The first-order valence-corrected chi connectivity index (χ1v) is 5.99. The molecule has 3 nitrogen and oxygen atoms in total. The highest BCUT2D eigenvalue weighted by atomic mass is 16.1. The van der Waals surface area contributed by atoms with Gasteiger partial charge < -0.3 is 11.1 Å². The minimum atomic E-state index is -0.378. The molecule has 17 heavy (non-hydrogen) atoms. The van der Waals surface area contributed by atoms with Crippen LogP contribution in [0.4, 0.5) is 0 Å². The summed E-state index contributed by atoms with van der Waals surface area (Å²) in [6.07, 6.45) is 0.309. The van der Waals surface area contributed by atoms with E-state index in [4.69, 9.17) is 5.73 Å². The van der Waals surface area contributed by atoms with Crippen molar-refractivity contribution in [1.82, 2.24) is 5.32 Å². The molecule has 0 spiro atoms. The zero-order chi connectivity index (χ0) is 13.1. The Bertz CT molecular complexity index is 394. The summed E-state index contributed by atoms with van der Waals surface area (Å²) in [5, 5.41) is 3.36. The zero-order valence-electron chi connectivity index (χ0n) is 11.1. The molecule has 0 bridgehead atoms. The average molecular weight is 234 g/mol. The first-order valence-electron chi connectivity index (χ1n) is 5.99. The van der Waals surface area contributed by atoms with Crippen molar-refractivity contribution in [3.8, 4) is 0 Å². The SMILES string of the molecule is CCNC(C)(CC(N)=O)c1cc(C)cc(C)c1. The Balaban J connectivity index is 3.16. The first kappa shape index (κ1) is 13.7. The fraction of sp³-hybridized carbons (Fsp3) is 0.500. The van der Waals surface area contributed by atoms with Crippen molar-refractivity contribution in [2.24, 2.45) is 5.73 Å². The van der Waals surface area contributed by atoms with E-state index in [2.05, 4.69) is 37.4 Å². The van der Waals surface area contributed by atoms with Crippen LogP contribution < -0.4 is 11.1 Å². The van der Waals surface area contributed by atoms with E-state index in [0.717, 1.165) is 12.1 Å². The quantitative estimate of drug-likeness (QED) is 0.818. The highest BCUT2D eigenvalue weighted by Gasteiger charge is 2.27. The number of hydrogen-bond acceptors (Lipinski definition) is 2. The lowest BCUT2D eigenvalue weighted by Crippen LogP contribution is -2.42. The molecular weight excluding hydrogens is 212 g/mol. The van der Waals surface area contributed by atoms with Crippen molar-refractivity contribution in [3.63, 3.8) is 0 Å². The molecule has 3 heteroatoms. The standard InChI is InChI=1S/C14H22N2O/c1-5-16-14(4,9-13(15)17)12-7-10(2)6-11(3)8-12/h6-8,16H,5,9H2,1-4H3,(H2,15,17). The molecule has 94 valence electrons. The second kappa shape index (κ2) is 5.32. The molecule has 0 saturated heterocycles. The molecule has 1 aromatic carbocycles. The van der Waals surface area contributed by atoms with Crippen LogP contribution in [-0.2, 0) is 10.3 Å². The Morgan fingerprint density at radius 2 is 1.82 bits per heavy atom. The monoisotopic (exact) mass is 234 g/mol. The number of aryl methyl sites for hydroxylation is 2. The van der Waals surface area contributed by atoms with Gasteiger partial charge in [0.2, 0.25) is 5.91 Å². The molecule has 0 fully saturated rings. The van der Waals surface area contributed by atoms with E-state index in [1.807, 2.05) is 13.8 Å². The van der Waals surface area contributed by atoms with Gasteiger partial charge in [-0.1, -0.05) is 36.2 Å². The Morgan fingerprint density at radius 3 is 2.24 bits per heavy atom. The number of carbonyl (C=O) groups excluding carboxylic acids is 1. The fourth-order valence-electron chi connectivity index (χ4n) is 2.30. The van der Waals surface area contributed by atoms with Gasteiger partial charge in [-0.25, -0.2) is 0 Å². The maximum Gasteiger partial charge on any atom is 0.219 e. The van der Waals surface area contributed by atoms with Crippen LogP contribution in [0.1, 0.15) is 37.0 Å². The topological polar surface area (TPSA) is 55.1 Å². The Morgan fingerprint density at radius 1 is 1.29 bits per heavy atom. The summed E-state index contributed by atoms with van der Waals surface area (Å²) in [5.41, 5.74) is 8.49. The Hall–Kier alpha value is -1.35. The summed E-state index contributed by atoms with van der Waals surface area (Å²) in [6, 6.07) is 6.34. The van der Waals surface area contributed by atoms with Gasteiger partial charge in [0.1, 0.15) is 0 Å². The van der Waals surface area contributed by atoms with Gasteiger partial charge in [0.05, 0.1) is 0 Å². The minimum Gasteiger partial charge on any atom is -0.370 e. The highest BCUT2D eigenvalue weighted by Crippen LogP contribution is 2.26. The molecule has 1 atom stereocenters. The summed E-state index contributed by atoms with van der Waals surface area (Å²) in [5.74, 6) is -0.285. The number of rotatable bonds is 5. The molecule has 1 unspecified atom stereocenters. The summed E-state index contributed by atoms with van der Waals surface area (Å²) in [6.45, 7) is 8.98. The molecule has 0 saturated carbocycles. The maximum absolute atomic E-state index is 11.2. The van der Waals surface area contributed by atoms with Crippen LogP contribution in [0.2, 0.25) is 0 Å². The maximum atomic E-state index is 11.2. The molecule has 0 radical (unpaired) electrons. The molecule has 1 rings (SSSR count). The molecule has 1 amide bonds. The van der Waals surface area contributed by atoms with Crippen LogP contribution in [0.25, 0.3) is 0 Å². The summed E-state index contributed by atoms with van der Waals surface area (Å²) >= 11 is 0. The molecule has 0 aliphatic rings. The fourth-order valence-corrected chi connectivity index (χ4v) is 2.30. The average Bonchev–Trinajstić information content (AvgIpc) is 2.14. The number of hydrogen-bond donors (Lipinski definition) is 2. The van der Waals surface area contributed by atoms with Gasteiger partial charge in [-0.15, -0.1) is 0 Å². The predicted octanol–water partition coefficient (Wildman–Crippen LogP) is 2.00. The normalized spacial score (nSPS) is 14.4. The lowest BCUT2D eigenvalue weighted by Gasteiger charge is -2.30. The van der Waals surface area contributed by atoms with Crippen LogP contribution in [-0.4, -0.2) is 12.5 Å². The van der Waals surface area contributed by atoms with Gasteiger partial charge in [0.25, 0.3) is 0 Å². The second-order valence-electron chi connectivity index (χ2n) is 4.88. The van der Waals surface area contributed by atoms with Crippen LogP contribution in [0.15, 0.2) is 18.2 Å². The zero-order valence-corrected chi connectivity index (χ0v) is 11.1. The number of nitrogens with one attached hydrogen (secondary N) is 1. The van der Waals surface area contributed by atoms with Crippen LogP contribution in [0.5, 0.6) is 0 Å². The van der Waals surface area contributed by atoms with Gasteiger partial charge in [0, 0.05) is 12.0 Å². The lowest BCUT2D eigenvalue weighted by atomic mass is 9.86. The van der Waals surface area contributed by atoms with E-state index in [1.54, 1.807) is 0 Å². The first-order chi connectivity index (χ1) is 7.87. The molecule has 1 aromatic rings. The van der Waals surface area contributed by atoms with Gasteiger partial charge in [-0.05, 0) is 32.9 Å². The highest BCUT2D eigenvalue weighted by molar-refractivity contribution is 5.75. The summed E-state index contributed by atoms with van der Waals surface area (Å²) in [7, 11) is 0. The van der Waals surface area contributed by atoms with Crippen molar-refractivity contribution in [3.05, 3.63) is 34.9 Å². The van der Waals surface area contributed by atoms with Crippen molar-refractivity contribution in [2.75, 3.05) is 6.54 Å². The number of amides is 1. The summed E-state index contributed by atoms with van der Waals surface area (Å²) in [4.78, 5) is 11.2. The van der Waals surface area contributed by atoms with E-state index >= 15 is 0 Å². The van der Waals surface area contributed by atoms with Gasteiger partial charge in [0.15, 0.2) is 0 Å². The van der Waals surface area contributed by atoms with Crippen molar-refractivity contribution in [2.45, 2.75) is 39.7 Å². The van der Waals surface area contributed by atoms with Crippen LogP contribution >= 0.6 is 0 Å². The number of carbonyl (C=O) groups is 1. The minimum absolute atomic E-state index is 0.285. The predicted molar refractivity (Wildman–Crippen MR) is 70.8 cm³/mol. The molecule has 0 heterocycles. The Labute approximate surface area is 103 Å². The van der Waals surface area contributed by atoms with E-state index in [9.17, 15) is 4.79 Å². The molecule has 0 aromatic heterocycles. The van der Waals surface area contributed by atoms with E-state index in [0.29, 0.717) is 6.42 Å². The van der Waals surface area contributed by atoms with Crippen LogP contribution in [0.3, 0.4) is 0 Å². The summed E-state index contributed by atoms with van der Waals surface area (Å²) < 4.78 is 0. The lowest BCUT2D eigenvalue weighted by molar-refractivity contribution is -0.119. The van der Waals surface area contributed by atoms with Crippen molar-refractivity contribution in [1.29, 1.82) is 0 Å². The van der Waals surface area contributed by atoms with Crippen LogP contribution in [0, 0.1) is 13.8 Å². The van der Waals surface area contributed by atoms with Gasteiger partial charge >= 0.3 is 0 Å². The smallest absolute Gasteiger partial charge is 0.219 e. The molecule has 0 aliphatic carbocycles. The largest absolute Gasteiger partial charge is 0.370 e. The molecule has 0 aliphatic heterocycles. The number of primary amides is 1. The third-order valence-corrected chi connectivity index (χ3v) is 2.95. The van der Waals surface area contributed by atoms with Crippen molar-refractivity contribution < 1.29 is 4.79 Å². The number of benzene rings is 1. The van der Waals surface area contributed by atoms with Gasteiger partial charge in [-0.3, -0.25) is 4.79 Å². The van der Waals surface area contributed by atoms with Crippen molar-refractivity contribution >= 4 is 5.91 Å². The van der Waals surface area contributed by atoms with Gasteiger partial charge in [-0.2, -0.15) is 0 Å². The second-order valence-corrected chi connectivity index (χ2v) is 4.88. The van der Waals surface area contributed by atoms with E-state index in [1.165, 1.54) is 11.1 Å². The van der Waals surface area contributed by atoms with E-state index < -0.39 is 0 Å².